The van der Waals surface area contributed by atoms with Crippen LogP contribution in [0.3, 0.4) is 0 Å². The number of nitrogens with one attached hydrogen (secondary N) is 1. The van der Waals surface area contributed by atoms with E-state index in [-0.39, 0.29) is 23.2 Å². The molecule has 1 fully saturated rings. The molecule has 1 aliphatic rings. The summed E-state index contributed by atoms with van der Waals surface area (Å²) in [4.78, 5) is 31.7. The van der Waals surface area contributed by atoms with Crippen molar-refractivity contribution in [2.45, 2.75) is 19.9 Å². The molecule has 0 unspecified atom stereocenters. The maximum atomic E-state index is 12.4. The quantitative estimate of drug-likeness (QED) is 0.668. The predicted molar refractivity (Wildman–Crippen MR) is 92.9 cm³/mol. The molecule has 1 aromatic rings. The Bertz CT molecular complexity index is 672. The molecule has 8 nitrogen and oxygen atoms in total. The minimum atomic E-state index is -0.510. The van der Waals surface area contributed by atoms with Crippen molar-refractivity contribution >= 4 is 23.1 Å². The monoisotopic (exact) mass is 333 g/mol. The molecule has 0 radical (unpaired) electrons. The Labute approximate surface area is 141 Å². The molecule has 1 aromatic carbocycles. The number of benzene rings is 1. The van der Waals surface area contributed by atoms with E-state index in [2.05, 4.69) is 15.2 Å². The van der Waals surface area contributed by atoms with Crippen molar-refractivity contribution in [3.05, 3.63) is 33.9 Å². The maximum Gasteiger partial charge on any atom is 0.270 e. The van der Waals surface area contributed by atoms with Gasteiger partial charge >= 0.3 is 0 Å². The lowest BCUT2D eigenvalue weighted by Crippen LogP contribution is -2.46. The maximum absolute atomic E-state index is 12.4. The number of amides is 1. The highest BCUT2D eigenvalue weighted by atomic mass is 16.6. The van der Waals surface area contributed by atoms with Gasteiger partial charge in [0.05, 0.1) is 22.7 Å². The average molecular weight is 333 g/mol. The molecule has 1 heterocycles. The summed E-state index contributed by atoms with van der Waals surface area (Å²) < 4.78 is 0. The van der Waals surface area contributed by atoms with Gasteiger partial charge in [0.1, 0.15) is 5.84 Å². The van der Waals surface area contributed by atoms with Crippen LogP contribution in [-0.2, 0) is 0 Å². The van der Waals surface area contributed by atoms with E-state index in [1.54, 1.807) is 0 Å². The third kappa shape index (κ3) is 4.29. The van der Waals surface area contributed by atoms with Crippen molar-refractivity contribution in [3.8, 4) is 0 Å². The van der Waals surface area contributed by atoms with Crippen molar-refractivity contribution < 1.29 is 9.72 Å². The number of hydrogen-bond acceptors (Lipinski definition) is 5. The first kappa shape index (κ1) is 17.9. The van der Waals surface area contributed by atoms with Crippen LogP contribution >= 0.6 is 0 Å². The molecule has 1 saturated heterocycles. The zero-order chi connectivity index (χ0) is 17.9. The lowest BCUT2D eigenvalue weighted by atomic mass is 10.1. The first-order valence-electron chi connectivity index (χ1n) is 7.84. The summed E-state index contributed by atoms with van der Waals surface area (Å²) in [7, 11) is 3.95. The van der Waals surface area contributed by atoms with E-state index in [4.69, 9.17) is 0 Å². The molecule has 24 heavy (non-hydrogen) atoms. The SMILES string of the molecule is CC(C)NC(=O)c1cc([N+](=O)[O-])ccc1N=C1CN(C)CCN1C. The van der Waals surface area contributed by atoms with E-state index in [0.717, 1.165) is 18.9 Å². The highest BCUT2D eigenvalue weighted by Gasteiger charge is 2.20. The van der Waals surface area contributed by atoms with E-state index in [0.29, 0.717) is 12.2 Å². The van der Waals surface area contributed by atoms with Gasteiger partial charge in [-0.25, -0.2) is 4.99 Å². The highest BCUT2D eigenvalue weighted by molar-refractivity contribution is 6.01. The van der Waals surface area contributed by atoms with Crippen molar-refractivity contribution in [3.63, 3.8) is 0 Å². The van der Waals surface area contributed by atoms with Gasteiger partial charge in [-0.1, -0.05) is 0 Å². The summed E-state index contributed by atoms with van der Waals surface area (Å²) in [5.41, 5.74) is 0.532. The minimum Gasteiger partial charge on any atom is -0.361 e. The van der Waals surface area contributed by atoms with E-state index in [1.165, 1.54) is 18.2 Å². The molecule has 130 valence electrons. The van der Waals surface area contributed by atoms with Crippen LogP contribution < -0.4 is 5.32 Å². The third-order valence-electron chi connectivity index (χ3n) is 3.77. The summed E-state index contributed by atoms with van der Waals surface area (Å²) in [5.74, 6) is 0.469. The van der Waals surface area contributed by atoms with Gasteiger partial charge in [0.15, 0.2) is 0 Å². The Hall–Kier alpha value is -2.48. The smallest absolute Gasteiger partial charge is 0.270 e. The Balaban J connectivity index is 2.44. The normalized spacial score (nSPS) is 17.4. The number of non-ortho nitro benzene ring substituents is 1. The molecule has 0 bridgehead atoms. The Morgan fingerprint density at radius 1 is 1.33 bits per heavy atom. The van der Waals surface area contributed by atoms with Crippen molar-refractivity contribution in [2.24, 2.45) is 4.99 Å². The zero-order valence-electron chi connectivity index (χ0n) is 14.4. The molecule has 2 rings (SSSR count). The van der Waals surface area contributed by atoms with Gasteiger partial charge < -0.3 is 10.2 Å². The Morgan fingerprint density at radius 3 is 2.67 bits per heavy atom. The van der Waals surface area contributed by atoms with Gasteiger partial charge in [0, 0.05) is 38.3 Å². The molecule has 0 spiro atoms. The molecule has 0 atom stereocenters. The van der Waals surface area contributed by atoms with Crippen LogP contribution in [-0.4, -0.2) is 66.2 Å². The number of rotatable bonds is 4. The molecule has 1 amide bonds. The van der Waals surface area contributed by atoms with Crippen LogP contribution in [0.1, 0.15) is 24.2 Å². The third-order valence-corrected chi connectivity index (χ3v) is 3.77. The second-order valence-electron chi connectivity index (χ2n) is 6.27. The average Bonchev–Trinajstić information content (AvgIpc) is 2.50. The first-order chi connectivity index (χ1) is 11.3. The van der Waals surface area contributed by atoms with Crippen LogP contribution in [0.25, 0.3) is 0 Å². The number of aliphatic imine (C=N–C) groups is 1. The van der Waals surface area contributed by atoms with Crippen LogP contribution in [0.15, 0.2) is 23.2 Å². The van der Waals surface area contributed by atoms with Gasteiger partial charge in [0.25, 0.3) is 11.6 Å². The molecule has 8 heteroatoms. The summed E-state index contributed by atoms with van der Waals surface area (Å²) in [6.07, 6.45) is 0. The van der Waals surface area contributed by atoms with Crippen LogP contribution in [0, 0.1) is 10.1 Å². The summed E-state index contributed by atoms with van der Waals surface area (Å²) >= 11 is 0. The van der Waals surface area contributed by atoms with Gasteiger partial charge in [-0.2, -0.15) is 0 Å². The zero-order valence-corrected chi connectivity index (χ0v) is 14.4. The van der Waals surface area contributed by atoms with Crippen LogP contribution in [0.5, 0.6) is 0 Å². The molecule has 0 aromatic heterocycles. The molecule has 0 saturated carbocycles. The highest BCUT2D eigenvalue weighted by Crippen LogP contribution is 2.25. The van der Waals surface area contributed by atoms with Crippen molar-refractivity contribution in [2.75, 3.05) is 33.7 Å². The topological polar surface area (TPSA) is 91.1 Å². The number of carbonyl (C=O) groups is 1. The van der Waals surface area contributed by atoms with Crippen molar-refractivity contribution in [1.82, 2.24) is 15.1 Å². The fourth-order valence-corrected chi connectivity index (χ4v) is 2.41. The number of nitro groups is 1. The number of carbonyl (C=O) groups excluding carboxylic acids is 1. The summed E-state index contributed by atoms with van der Waals surface area (Å²) in [5, 5.41) is 13.8. The molecule has 0 aliphatic carbocycles. The summed E-state index contributed by atoms with van der Waals surface area (Å²) in [6, 6.07) is 4.12. The molecule has 1 N–H and O–H groups in total. The first-order valence-corrected chi connectivity index (χ1v) is 7.84. The van der Waals surface area contributed by atoms with Gasteiger partial charge in [-0.15, -0.1) is 0 Å². The van der Waals surface area contributed by atoms with E-state index in [1.807, 2.05) is 32.8 Å². The minimum absolute atomic E-state index is 0.0687. The second-order valence-corrected chi connectivity index (χ2v) is 6.27. The standard InChI is InChI=1S/C16H23N5O3/c1-11(2)17-16(22)13-9-12(21(23)24)5-6-14(13)18-15-10-19(3)7-8-20(15)4/h5-6,9,11H,7-8,10H2,1-4H3,(H,17,22). The lowest BCUT2D eigenvalue weighted by molar-refractivity contribution is -0.384. The fourth-order valence-electron chi connectivity index (χ4n) is 2.41. The number of amidine groups is 1. The van der Waals surface area contributed by atoms with Crippen LogP contribution in [0.2, 0.25) is 0 Å². The number of nitro benzene ring substituents is 1. The molecular formula is C16H23N5O3. The molecule has 1 aliphatic heterocycles. The Morgan fingerprint density at radius 2 is 2.04 bits per heavy atom. The van der Waals surface area contributed by atoms with Gasteiger partial charge in [0.2, 0.25) is 0 Å². The fraction of sp³-hybridized carbons (Fsp3) is 0.500. The predicted octanol–water partition coefficient (Wildman–Crippen LogP) is 1.64. The lowest BCUT2D eigenvalue weighted by Gasteiger charge is -2.32. The number of hydrogen-bond donors (Lipinski definition) is 1. The van der Waals surface area contributed by atoms with Crippen LogP contribution in [0.4, 0.5) is 11.4 Å². The van der Waals surface area contributed by atoms with E-state index < -0.39 is 4.92 Å². The number of likely N-dealkylation sites (N-methyl/N-ethyl adjacent to an activating group) is 2. The van der Waals surface area contributed by atoms with E-state index in [9.17, 15) is 14.9 Å². The Kier molecular flexibility index (Phi) is 5.50. The van der Waals surface area contributed by atoms with E-state index >= 15 is 0 Å². The second kappa shape index (κ2) is 7.39. The number of nitrogens with zero attached hydrogens (tertiary/aromatic N) is 4. The summed E-state index contributed by atoms with van der Waals surface area (Å²) in [6.45, 7) is 6.13. The largest absolute Gasteiger partial charge is 0.361 e. The van der Waals surface area contributed by atoms with Gasteiger partial charge in [-0.3, -0.25) is 19.8 Å². The number of piperazine rings is 1. The van der Waals surface area contributed by atoms with Crippen molar-refractivity contribution in [1.29, 1.82) is 0 Å². The molecular weight excluding hydrogens is 310 g/mol. The van der Waals surface area contributed by atoms with Gasteiger partial charge in [-0.05, 0) is 27.0 Å².